The zero-order valence-corrected chi connectivity index (χ0v) is 10.9. The Morgan fingerprint density at radius 2 is 2.28 bits per heavy atom. The lowest BCUT2D eigenvalue weighted by atomic mass is 9.84. The van der Waals surface area contributed by atoms with Gasteiger partial charge in [0.15, 0.2) is 0 Å². The minimum Gasteiger partial charge on any atom is -0.393 e. The summed E-state index contributed by atoms with van der Waals surface area (Å²) in [6.45, 7) is 2.00. The highest BCUT2D eigenvalue weighted by Gasteiger charge is 2.25. The molecule has 4 heteroatoms. The van der Waals surface area contributed by atoms with Gasteiger partial charge in [-0.3, -0.25) is 4.79 Å². The summed E-state index contributed by atoms with van der Waals surface area (Å²) in [7, 11) is 0. The van der Waals surface area contributed by atoms with Crippen molar-refractivity contribution in [1.29, 1.82) is 0 Å². The first kappa shape index (κ1) is 13.6. The van der Waals surface area contributed by atoms with Crippen molar-refractivity contribution in [1.82, 2.24) is 5.32 Å². The van der Waals surface area contributed by atoms with E-state index in [1.807, 2.05) is 0 Å². The first-order chi connectivity index (χ1) is 8.75. The van der Waals surface area contributed by atoms with E-state index in [4.69, 9.17) is 4.74 Å². The molecule has 2 N–H and O–H groups in total. The SMILES string of the molecule is O=C(C[C@H]1CCCC[C@@H]1O)NCC1=CCCOC1. The highest BCUT2D eigenvalue weighted by molar-refractivity contribution is 5.76. The van der Waals surface area contributed by atoms with Gasteiger partial charge in [-0.25, -0.2) is 0 Å². The minimum atomic E-state index is -0.290. The fourth-order valence-corrected chi connectivity index (χ4v) is 2.68. The normalized spacial score (nSPS) is 28.6. The number of hydrogen-bond acceptors (Lipinski definition) is 3. The van der Waals surface area contributed by atoms with E-state index in [1.165, 1.54) is 0 Å². The lowest BCUT2D eigenvalue weighted by Crippen LogP contribution is -2.33. The molecule has 0 aromatic carbocycles. The van der Waals surface area contributed by atoms with Crippen LogP contribution in [0.3, 0.4) is 0 Å². The van der Waals surface area contributed by atoms with Gasteiger partial charge in [-0.15, -0.1) is 0 Å². The number of aliphatic hydroxyl groups is 1. The molecule has 1 heterocycles. The maximum absolute atomic E-state index is 11.8. The molecule has 1 fully saturated rings. The van der Waals surface area contributed by atoms with Crippen molar-refractivity contribution >= 4 is 5.91 Å². The van der Waals surface area contributed by atoms with Gasteiger partial charge in [0, 0.05) is 13.0 Å². The van der Waals surface area contributed by atoms with Gasteiger partial charge in [0.1, 0.15) is 0 Å². The zero-order chi connectivity index (χ0) is 12.8. The predicted molar refractivity (Wildman–Crippen MR) is 69.1 cm³/mol. The summed E-state index contributed by atoms with van der Waals surface area (Å²) in [6.07, 6.45) is 7.28. The van der Waals surface area contributed by atoms with Crippen LogP contribution in [-0.4, -0.2) is 36.9 Å². The van der Waals surface area contributed by atoms with Gasteiger partial charge in [-0.2, -0.15) is 0 Å². The molecule has 1 saturated carbocycles. The number of aliphatic hydroxyl groups excluding tert-OH is 1. The molecule has 0 saturated heterocycles. The number of amides is 1. The molecule has 4 nitrogen and oxygen atoms in total. The summed E-state index contributed by atoms with van der Waals surface area (Å²) in [5.41, 5.74) is 1.15. The molecule has 102 valence electrons. The maximum Gasteiger partial charge on any atom is 0.220 e. The van der Waals surface area contributed by atoms with Crippen LogP contribution in [0.2, 0.25) is 0 Å². The summed E-state index contributed by atoms with van der Waals surface area (Å²) in [5, 5.41) is 12.7. The van der Waals surface area contributed by atoms with Crippen LogP contribution < -0.4 is 5.32 Å². The fourth-order valence-electron chi connectivity index (χ4n) is 2.68. The molecular weight excluding hydrogens is 230 g/mol. The molecule has 18 heavy (non-hydrogen) atoms. The van der Waals surface area contributed by atoms with E-state index in [1.54, 1.807) is 0 Å². The minimum absolute atomic E-state index is 0.0485. The van der Waals surface area contributed by atoms with Crippen LogP contribution in [-0.2, 0) is 9.53 Å². The van der Waals surface area contributed by atoms with E-state index in [-0.39, 0.29) is 17.9 Å². The van der Waals surface area contributed by atoms with E-state index in [2.05, 4.69) is 11.4 Å². The molecule has 2 aliphatic rings. The zero-order valence-electron chi connectivity index (χ0n) is 10.9. The quantitative estimate of drug-likeness (QED) is 0.744. The molecule has 0 unspecified atom stereocenters. The molecule has 0 radical (unpaired) electrons. The average Bonchev–Trinajstić information content (AvgIpc) is 2.40. The Bertz CT molecular complexity index is 314. The third kappa shape index (κ3) is 4.10. The number of nitrogens with one attached hydrogen (secondary N) is 1. The van der Waals surface area contributed by atoms with Crippen LogP contribution >= 0.6 is 0 Å². The van der Waals surface area contributed by atoms with Crippen LogP contribution in [0.25, 0.3) is 0 Å². The van der Waals surface area contributed by atoms with E-state index < -0.39 is 0 Å². The van der Waals surface area contributed by atoms with Gasteiger partial charge in [-0.05, 0) is 30.8 Å². The molecule has 0 bridgehead atoms. The fraction of sp³-hybridized carbons (Fsp3) is 0.786. The molecule has 1 amide bonds. The Kier molecular flexibility index (Phi) is 5.20. The third-order valence-corrected chi connectivity index (χ3v) is 3.81. The van der Waals surface area contributed by atoms with Crippen LogP contribution in [0, 0.1) is 5.92 Å². The topological polar surface area (TPSA) is 58.6 Å². The van der Waals surface area contributed by atoms with Crippen molar-refractivity contribution in [3.05, 3.63) is 11.6 Å². The first-order valence-corrected chi connectivity index (χ1v) is 6.96. The first-order valence-electron chi connectivity index (χ1n) is 6.96. The lowest BCUT2D eigenvalue weighted by molar-refractivity contribution is -0.123. The Hall–Kier alpha value is -0.870. The second kappa shape index (κ2) is 6.90. The van der Waals surface area contributed by atoms with Crippen LogP contribution in [0.1, 0.15) is 38.5 Å². The van der Waals surface area contributed by atoms with Gasteiger partial charge in [0.05, 0.1) is 19.3 Å². The highest BCUT2D eigenvalue weighted by Crippen LogP contribution is 2.26. The van der Waals surface area contributed by atoms with E-state index in [0.717, 1.165) is 44.3 Å². The second-order valence-corrected chi connectivity index (χ2v) is 5.30. The Labute approximate surface area is 108 Å². The van der Waals surface area contributed by atoms with Gasteiger partial charge in [0.2, 0.25) is 5.91 Å². The Balaban J connectivity index is 1.69. The second-order valence-electron chi connectivity index (χ2n) is 5.30. The van der Waals surface area contributed by atoms with E-state index in [0.29, 0.717) is 19.6 Å². The van der Waals surface area contributed by atoms with Crippen molar-refractivity contribution in [2.45, 2.75) is 44.6 Å². The Morgan fingerprint density at radius 3 is 3.00 bits per heavy atom. The molecule has 0 aromatic heterocycles. The van der Waals surface area contributed by atoms with Crippen molar-refractivity contribution < 1.29 is 14.6 Å². The number of ether oxygens (including phenoxy) is 1. The van der Waals surface area contributed by atoms with Crippen molar-refractivity contribution in [2.75, 3.05) is 19.8 Å². The van der Waals surface area contributed by atoms with Crippen molar-refractivity contribution in [3.63, 3.8) is 0 Å². The monoisotopic (exact) mass is 253 g/mol. The summed E-state index contributed by atoms with van der Waals surface area (Å²) in [5.74, 6) is 0.197. The molecule has 1 aliphatic heterocycles. The number of hydrogen-bond donors (Lipinski definition) is 2. The molecule has 2 rings (SSSR count). The maximum atomic E-state index is 11.8. The Morgan fingerprint density at radius 1 is 1.44 bits per heavy atom. The van der Waals surface area contributed by atoms with Gasteiger partial charge in [0.25, 0.3) is 0 Å². The van der Waals surface area contributed by atoms with Crippen LogP contribution in [0.4, 0.5) is 0 Å². The largest absolute Gasteiger partial charge is 0.393 e. The molecular formula is C14H23NO3. The molecule has 0 spiro atoms. The predicted octanol–water partition coefficient (Wildman–Crippen LogP) is 1.39. The summed E-state index contributed by atoms with van der Waals surface area (Å²) < 4.78 is 5.32. The van der Waals surface area contributed by atoms with E-state index >= 15 is 0 Å². The van der Waals surface area contributed by atoms with Gasteiger partial charge >= 0.3 is 0 Å². The van der Waals surface area contributed by atoms with Crippen molar-refractivity contribution in [2.24, 2.45) is 5.92 Å². The van der Waals surface area contributed by atoms with Crippen LogP contribution in [0.15, 0.2) is 11.6 Å². The van der Waals surface area contributed by atoms with E-state index in [9.17, 15) is 9.90 Å². The summed E-state index contributed by atoms with van der Waals surface area (Å²) in [4.78, 5) is 11.8. The molecule has 1 aliphatic carbocycles. The van der Waals surface area contributed by atoms with Crippen LogP contribution in [0.5, 0.6) is 0 Å². The third-order valence-electron chi connectivity index (χ3n) is 3.81. The van der Waals surface area contributed by atoms with Gasteiger partial charge in [-0.1, -0.05) is 18.9 Å². The number of rotatable bonds is 4. The summed E-state index contributed by atoms with van der Waals surface area (Å²) >= 11 is 0. The molecule has 0 aromatic rings. The molecule has 2 atom stereocenters. The number of carbonyl (C=O) groups excluding carboxylic acids is 1. The average molecular weight is 253 g/mol. The van der Waals surface area contributed by atoms with Gasteiger partial charge < -0.3 is 15.2 Å². The lowest BCUT2D eigenvalue weighted by Gasteiger charge is -2.27. The van der Waals surface area contributed by atoms with Crippen molar-refractivity contribution in [3.8, 4) is 0 Å². The summed E-state index contributed by atoms with van der Waals surface area (Å²) in [6, 6.07) is 0. The number of carbonyl (C=O) groups is 1. The smallest absolute Gasteiger partial charge is 0.220 e. The highest BCUT2D eigenvalue weighted by atomic mass is 16.5. The standard InChI is InChI=1S/C14H23NO3/c16-13-6-2-1-5-12(13)8-14(17)15-9-11-4-3-7-18-10-11/h4,12-13,16H,1-3,5-10H2,(H,15,17)/t12-,13+/m1/s1.